The summed E-state index contributed by atoms with van der Waals surface area (Å²) in [6.45, 7) is 0.294. The second-order valence-electron chi connectivity index (χ2n) is 6.77. The number of aliphatic hydroxyl groups is 1. The van der Waals surface area contributed by atoms with E-state index in [-0.39, 0.29) is 0 Å². The second-order valence-corrected chi connectivity index (χ2v) is 6.77. The number of nitrogens with zero attached hydrogens (tertiary/aromatic N) is 5. The van der Waals surface area contributed by atoms with E-state index in [1.54, 1.807) is 6.20 Å². The van der Waals surface area contributed by atoms with Crippen LogP contribution < -0.4 is 10.2 Å². The van der Waals surface area contributed by atoms with E-state index >= 15 is 0 Å². The monoisotopic (exact) mass is 380 g/mol. The van der Waals surface area contributed by atoms with Crippen LogP contribution >= 0.6 is 0 Å². The number of rotatable bonds is 6. The molecule has 3 aromatic rings. The molecule has 8 heteroatoms. The van der Waals surface area contributed by atoms with E-state index in [1.807, 2.05) is 30.1 Å². The number of aromatic nitrogens is 4. The maximum Gasteiger partial charge on any atom is 0.212 e. The summed E-state index contributed by atoms with van der Waals surface area (Å²) in [5, 5.41) is 13.3. The normalized spacial score (nSPS) is 13.8. The van der Waals surface area contributed by atoms with Crippen LogP contribution in [0.15, 0.2) is 42.7 Å². The molecule has 4 rings (SSSR count). The van der Waals surface area contributed by atoms with Crippen LogP contribution in [-0.2, 0) is 12.8 Å². The maximum atomic E-state index is 12.9. The van der Waals surface area contributed by atoms with E-state index in [4.69, 9.17) is 9.97 Å². The minimum absolute atomic E-state index is 0.294. The van der Waals surface area contributed by atoms with Crippen molar-refractivity contribution >= 4 is 11.5 Å². The first-order valence-electron chi connectivity index (χ1n) is 9.18. The molecule has 3 aromatic heterocycles. The Balaban J connectivity index is 1.55. The van der Waals surface area contributed by atoms with Gasteiger partial charge in [-0.1, -0.05) is 6.07 Å². The topological polar surface area (TPSA) is 87.1 Å². The number of halogens is 1. The third-order valence-corrected chi connectivity index (χ3v) is 4.67. The molecule has 0 fully saturated rings. The summed E-state index contributed by atoms with van der Waals surface area (Å²) in [7, 11) is 1.89. The summed E-state index contributed by atoms with van der Waals surface area (Å²) < 4.78 is 12.9. The number of anilines is 2. The second kappa shape index (κ2) is 7.85. The maximum absolute atomic E-state index is 12.9. The highest BCUT2D eigenvalue weighted by atomic mass is 19.1. The van der Waals surface area contributed by atoms with E-state index in [0.717, 1.165) is 42.0 Å². The van der Waals surface area contributed by atoms with Crippen molar-refractivity contribution in [3.05, 3.63) is 59.9 Å². The predicted molar refractivity (Wildman–Crippen MR) is 104 cm³/mol. The summed E-state index contributed by atoms with van der Waals surface area (Å²) in [6.07, 6.45) is 5.07. The molecule has 1 aliphatic rings. The number of aliphatic hydroxyl groups excluding tert-OH is 1. The van der Waals surface area contributed by atoms with Gasteiger partial charge >= 0.3 is 0 Å². The number of aryl methyl sites for hydroxylation is 1. The zero-order valence-electron chi connectivity index (χ0n) is 15.5. The lowest BCUT2D eigenvalue weighted by Crippen LogP contribution is -2.35. The van der Waals surface area contributed by atoms with Gasteiger partial charge in [-0.25, -0.2) is 15.0 Å². The lowest BCUT2D eigenvalue weighted by atomic mass is 10.2. The third-order valence-electron chi connectivity index (χ3n) is 4.67. The van der Waals surface area contributed by atoms with E-state index in [9.17, 15) is 9.50 Å². The van der Waals surface area contributed by atoms with Gasteiger partial charge in [0.25, 0.3) is 0 Å². The van der Waals surface area contributed by atoms with Crippen molar-refractivity contribution in [1.82, 2.24) is 19.9 Å². The smallest absolute Gasteiger partial charge is 0.212 e. The molecule has 28 heavy (non-hydrogen) atoms. The van der Waals surface area contributed by atoms with Crippen LogP contribution in [0.5, 0.6) is 0 Å². The van der Waals surface area contributed by atoms with Crippen molar-refractivity contribution < 1.29 is 9.50 Å². The van der Waals surface area contributed by atoms with Gasteiger partial charge in [-0.15, -0.1) is 0 Å². The first kappa shape index (κ1) is 18.2. The summed E-state index contributed by atoms with van der Waals surface area (Å²) in [6, 6.07) is 8.43. The summed E-state index contributed by atoms with van der Waals surface area (Å²) in [4.78, 5) is 19.3. The Bertz CT molecular complexity index is 951. The molecular weight excluding hydrogens is 359 g/mol. The van der Waals surface area contributed by atoms with Crippen molar-refractivity contribution in [2.24, 2.45) is 0 Å². The van der Waals surface area contributed by atoms with Crippen LogP contribution in [0.4, 0.5) is 15.9 Å². The highest BCUT2D eigenvalue weighted by Crippen LogP contribution is 2.30. The first-order valence-corrected chi connectivity index (χ1v) is 9.18. The van der Waals surface area contributed by atoms with Crippen LogP contribution in [0.3, 0.4) is 0 Å². The first-order chi connectivity index (χ1) is 13.6. The number of hydrogen-bond acceptors (Lipinski definition) is 7. The molecule has 7 nitrogen and oxygen atoms in total. The predicted octanol–water partition coefficient (Wildman–Crippen LogP) is 2.43. The van der Waals surface area contributed by atoms with Crippen molar-refractivity contribution in [3.8, 4) is 11.5 Å². The van der Waals surface area contributed by atoms with Crippen LogP contribution in [-0.4, -0.2) is 44.9 Å². The molecule has 0 saturated heterocycles. The van der Waals surface area contributed by atoms with Gasteiger partial charge in [0.1, 0.15) is 17.7 Å². The molecule has 0 aliphatic heterocycles. The fraction of sp³-hybridized carbons (Fsp3) is 0.300. The standard InChI is InChI=1S/C20H21FN6O/c1-27(12-18(28)24-13-8-9-17(21)23-11-13)20-14-5-4-7-15(14)25-19(26-20)16-6-2-3-10-22-16/h2-3,6,8-11,18,24,28H,4-5,7,12H2,1H3. The van der Waals surface area contributed by atoms with Gasteiger partial charge in [-0.05, 0) is 43.5 Å². The average molecular weight is 380 g/mol. The Morgan fingerprint density at radius 2 is 2.07 bits per heavy atom. The largest absolute Gasteiger partial charge is 0.372 e. The molecule has 0 bridgehead atoms. The van der Waals surface area contributed by atoms with E-state index in [1.165, 1.54) is 18.3 Å². The molecule has 0 spiro atoms. The molecule has 144 valence electrons. The fourth-order valence-corrected chi connectivity index (χ4v) is 3.38. The number of pyridine rings is 2. The number of fused-ring (bicyclic) bond motifs is 1. The quantitative estimate of drug-likeness (QED) is 0.502. The van der Waals surface area contributed by atoms with Gasteiger partial charge in [0.2, 0.25) is 5.95 Å². The van der Waals surface area contributed by atoms with E-state index in [0.29, 0.717) is 18.1 Å². The van der Waals surface area contributed by atoms with Gasteiger partial charge < -0.3 is 15.3 Å². The van der Waals surface area contributed by atoms with E-state index < -0.39 is 12.2 Å². The average Bonchev–Trinajstić information content (AvgIpc) is 3.18. The third kappa shape index (κ3) is 3.91. The molecule has 0 saturated carbocycles. The van der Waals surface area contributed by atoms with Crippen molar-refractivity contribution in [2.75, 3.05) is 23.8 Å². The molecule has 1 unspecified atom stereocenters. The molecule has 2 N–H and O–H groups in total. The number of hydrogen-bond donors (Lipinski definition) is 2. The molecule has 1 atom stereocenters. The summed E-state index contributed by atoms with van der Waals surface area (Å²) in [5.41, 5.74) is 3.44. The molecule has 1 aliphatic carbocycles. The SMILES string of the molecule is CN(CC(O)Nc1ccc(F)nc1)c1nc(-c2ccccn2)nc2c1CCC2. The van der Waals surface area contributed by atoms with Crippen LogP contribution in [0.2, 0.25) is 0 Å². The number of nitrogens with one attached hydrogen (secondary N) is 1. The molecule has 0 radical (unpaired) electrons. The Labute approximate surface area is 162 Å². The molecule has 3 heterocycles. The summed E-state index contributed by atoms with van der Waals surface area (Å²) >= 11 is 0. The minimum Gasteiger partial charge on any atom is -0.372 e. The van der Waals surface area contributed by atoms with Gasteiger partial charge in [-0.3, -0.25) is 4.98 Å². The van der Waals surface area contributed by atoms with Crippen LogP contribution in [0.1, 0.15) is 17.7 Å². The zero-order chi connectivity index (χ0) is 19.5. The minimum atomic E-state index is -0.873. The van der Waals surface area contributed by atoms with Crippen molar-refractivity contribution in [3.63, 3.8) is 0 Å². The Morgan fingerprint density at radius 3 is 2.82 bits per heavy atom. The lowest BCUT2D eigenvalue weighted by molar-refractivity contribution is 0.210. The van der Waals surface area contributed by atoms with Crippen LogP contribution in [0.25, 0.3) is 11.5 Å². The zero-order valence-corrected chi connectivity index (χ0v) is 15.5. The number of likely N-dealkylation sites (N-methyl/N-ethyl adjacent to an activating group) is 1. The van der Waals surface area contributed by atoms with Gasteiger partial charge in [-0.2, -0.15) is 4.39 Å². The molecule has 0 aromatic carbocycles. The lowest BCUT2D eigenvalue weighted by Gasteiger charge is -2.25. The highest BCUT2D eigenvalue weighted by Gasteiger charge is 2.23. The van der Waals surface area contributed by atoms with Crippen molar-refractivity contribution in [1.29, 1.82) is 0 Å². The Hall–Kier alpha value is -3.13. The van der Waals surface area contributed by atoms with Crippen LogP contribution in [0, 0.1) is 5.95 Å². The Morgan fingerprint density at radius 1 is 1.18 bits per heavy atom. The molecular formula is C20H21FN6O. The fourth-order valence-electron chi connectivity index (χ4n) is 3.38. The highest BCUT2D eigenvalue weighted by molar-refractivity contribution is 5.58. The van der Waals surface area contributed by atoms with E-state index in [2.05, 4.69) is 15.3 Å². The van der Waals surface area contributed by atoms with Crippen molar-refractivity contribution in [2.45, 2.75) is 25.5 Å². The van der Waals surface area contributed by atoms with Gasteiger partial charge in [0.15, 0.2) is 5.82 Å². The molecule has 0 amide bonds. The summed E-state index contributed by atoms with van der Waals surface area (Å²) in [5.74, 6) is 0.838. The van der Waals surface area contributed by atoms with Gasteiger partial charge in [0.05, 0.1) is 18.4 Å². The Kier molecular flexibility index (Phi) is 5.12. The van der Waals surface area contributed by atoms with Gasteiger partial charge in [0, 0.05) is 24.5 Å².